The summed E-state index contributed by atoms with van der Waals surface area (Å²) in [6.45, 7) is 3.91. The Morgan fingerprint density at radius 3 is 2.23 bits per heavy atom. The number of nitrogens with one attached hydrogen (secondary N) is 2. The van der Waals surface area contributed by atoms with Gasteiger partial charge in [0.15, 0.2) is 0 Å². The van der Waals surface area contributed by atoms with Gasteiger partial charge in [-0.3, -0.25) is 9.59 Å². The van der Waals surface area contributed by atoms with Gasteiger partial charge in [-0.1, -0.05) is 50.6 Å². The summed E-state index contributed by atoms with van der Waals surface area (Å²) in [6.07, 6.45) is 3.29. The van der Waals surface area contributed by atoms with Crippen molar-refractivity contribution in [2.75, 3.05) is 5.32 Å². The molecule has 0 aromatic heterocycles. The van der Waals surface area contributed by atoms with Gasteiger partial charge in [-0.15, -0.1) is 0 Å². The molecule has 26 heavy (non-hydrogen) atoms. The lowest BCUT2D eigenvalue weighted by Crippen LogP contribution is -2.20. The lowest BCUT2D eigenvalue weighted by Gasteiger charge is -2.08. The Hall–Kier alpha value is -2.95. The van der Waals surface area contributed by atoms with Gasteiger partial charge in [0.2, 0.25) is 5.91 Å². The summed E-state index contributed by atoms with van der Waals surface area (Å²) in [4.78, 5) is 23.7. The molecule has 136 valence electrons. The zero-order valence-corrected chi connectivity index (χ0v) is 15.3. The standard InChI is InChI=1S/C21H25N3O2/c1-3-5-11-19(16-9-7-6-8-10-16)23-24-21(26)17-12-14-18(15-13-17)22-20(25)4-2/h6-10,12-15H,3-5,11H2,1-2H3,(H,22,25)(H,24,26)/b23-19-. The van der Waals surface area contributed by atoms with E-state index in [4.69, 9.17) is 0 Å². The highest BCUT2D eigenvalue weighted by Gasteiger charge is 2.08. The van der Waals surface area contributed by atoms with E-state index in [9.17, 15) is 9.59 Å². The zero-order chi connectivity index (χ0) is 18.8. The zero-order valence-electron chi connectivity index (χ0n) is 15.3. The Balaban J connectivity index is 2.06. The fourth-order valence-corrected chi connectivity index (χ4v) is 2.38. The first-order valence-electron chi connectivity index (χ1n) is 8.96. The van der Waals surface area contributed by atoms with Crippen molar-refractivity contribution >= 4 is 23.2 Å². The molecule has 2 amide bonds. The monoisotopic (exact) mass is 351 g/mol. The van der Waals surface area contributed by atoms with Crippen LogP contribution in [0.15, 0.2) is 59.7 Å². The van der Waals surface area contributed by atoms with Crippen LogP contribution in [0.1, 0.15) is 55.5 Å². The van der Waals surface area contributed by atoms with Crippen LogP contribution in [-0.2, 0) is 4.79 Å². The molecule has 0 bridgehead atoms. The van der Waals surface area contributed by atoms with E-state index >= 15 is 0 Å². The molecule has 2 aromatic rings. The lowest BCUT2D eigenvalue weighted by molar-refractivity contribution is -0.115. The second-order valence-corrected chi connectivity index (χ2v) is 5.95. The largest absolute Gasteiger partial charge is 0.326 e. The maximum absolute atomic E-state index is 12.3. The molecule has 2 rings (SSSR count). The van der Waals surface area contributed by atoms with Crippen LogP contribution in [-0.4, -0.2) is 17.5 Å². The smallest absolute Gasteiger partial charge is 0.271 e. The molecule has 0 saturated carbocycles. The molecule has 0 saturated heterocycles. The van der Waals surface area contributed by atoms with E-state index in [1.807, 2.05) is 30.3 Å². The first kappa shape index (κ1) is 19.4. The Bertz CT molecular complexity index is 753. The van der Waals surface area contributed by atoms with Gasteiger partial charge in [0.25, 0.3) is 5.91 Å². The summed E-state index contributed by atoms with van der Waals surface area (Å²) in [7, 11) is 0. The van der Waals surface area contributed by atoms with Crippen LogP contribution < -0.4 is 10.7 Å². The predicted octanol–water partition coefficient (Wildman–Crippen LogP) is 4.36. The van der Waals surface area contributed by atoms with Crippen molar-refractivity contribution < 1.29 is 9.59 Å². The van der Waals surface area contributed by atoms with Crippen LogP contribution >= 0.6 is 0 Å². The van der Waals surface area contributed by atoms with E-state index in [2.05, 4.69) is 22.8 Å². The van der Waals surface area contributed by atoms with Gasteiger partial charge in [0, 0.05) is 17.7 Å². The van der Waals surface area contributed by atoms with Gasteiger partial charge >= 0.3 is 0 Å². The van der Waals surface area contributed by atoms with Crippen LogP contribution in [0.5, 0.6) is 0 Å². The van der Waals surface area contributed by atoms with Crippen molar-refractivity contribution in [1.82, 2.24) is 5.43 Å². The molecule has 2 aromatic carbocycles. The number of amides is 2. The average Bonchev–Trinajstić information content (AvgIpc) is 2.69. The second-order valence-electron chi connectivity index (χ2n) is 5.95. The Kier molecular flexibility index (Phi) is 7.55. The molecular weight excluding hydrogens is 326 g/mol. The number of anilines is 1. The molecule has 0 aliphatic heterocycles. The van der Waals surface area contributed by atoms with Crippen molar-refractivity contribution in [2.45, 2.75) is 39.5 Å². The lowest BCUT2D eigenvalue weighted by atomic mass is 10.1. The summed E-state index contributed by atoms with van der Waals surface area (Å²) >= 11 is 0. The highest BCUT2D eigenvalue weighted by Crippen LogP contribution is 2.11. The summed E-state index contributed by atoms with van der Waals surface area (Å²) in [5, 5.41) is 7.09. The molecular formula is C21H25N3O2. The SMILES string of the molecule is CCCC/C(=N/NC(=O)c1ccc(NC(=O)CC)cc1)c1ccccc1. The van der Waals surface area contributed by atoms with Gasteiger partial charge in [0.05, 0.1) is 5.71 Å². The summed E-state index contributed by atoms with van der Waals surface area (Å²) in [5.41, 5.74) is 5.68. The van der Waals surface area contributed by atoms with Gasteiger partial charge in [0.1, 0.15) is 0 Å². The van der Waals surface area contributed by atoms with Gasteiger partial charge in [-0.05, 0) is 42.7 Å². The normalized spacial score (nSPS) is 11.1. The molecule has 0 atom stereocenters. The molecule has 2 N–H and O–H groups in total. The number of hydrazone groups is 1. The maximum Gasteiger partial charge on any atom is 0.271 e. The van der Waals surface area contributed by atoms with Gasteiger partial charge in [-0.2, -0.15) is 5.10 Å². The number of carbonyl (C=O) groups is 2. The van der Waals surface area contributed by atoms with Crippen LogP contribution in [0.2, 0.25) is 0 Å². The highest BCUT2D eigenvalue weighted by molar-refractivity contribution is 6.02. The molecule has 0 aliphatic rings. The molecule has 5 heteroatoms. The van der Waals surface area contributed by atoms with Crippen LogP contribution in [0.3, 0.4) is 0 Å². The number of carbonyl (C=O) groups excluding carboxylic acids is 2. The van der Waals surface area contributed by atoms with Crippen LogP contribution in [0, 0.1) is 0 Å². The summed E-state index contributed by atoms with van der Waals surface area (Å²) in [5.74, 6) is -0.335. The molecule has 0 aliphatic carbocycles. The third-order valence-corrected chi connectivity index (χ3v) is 3.92. The Labute approximate surface area is 154 Å². The molecule has 0 spiro atoms. The van der Waals surface area contributed by atoms with E-state index < -0.39 is 0 Å². The quantitative estimate of drug-likeness (QED) is 0.548. The third kappa shape index (κ3) is 5.84. The summed E-state index contributed by atoms with van der Waals surface area (Å²) < 4.78 is 0. The first-order valence-corrected chi connectivity index (χ1v) is 8.96. The number of hydrogen-bond donors (Lipinski definition) is 2. The second kappa shape index (κ2) is 10.1. The van der Waals surface area contributed by atoms with E-state index in [1.165, 1.54) is 0 Å². The Morgan fingerprint density at radius 1 is 0.923 bits per heavy atom. The van der Waals surface area contributed by atoms with Gasteiger partial charge in [-0.25, -0.2) is 5.43 Å². The number of nitrogens with zero attached hydrogens (tertiary/aromatic N) is 1. The van der Waals surface area contributed by atoms with Crippen LogP contribution in [0.4, 0.5) is 5.69 Å². The highest BCUT2D eigenvalue weighted by atomic mass is 16.2. The minimum absolute atomic E-state index is 0.0600. The maximum atomic E-state index is 12.3. The predicted molar refractivity (Wildman–Crippen MR) is 105 cm³/mol. The van der Waals surface area contributed by atoms with Crippen molar-refractivity contribution in [3.63, 3.8) is 0 Å². The van der Waals surface area contributed by atoms with Crippen LogP contribution in [0.25, 0.3) is 0 Å². The molecule has 0 radical (unpaired) electrons. The summed E-state index contributed by atoms with van der Waals surface area (Å²) in [6, 6.07) is 16.6. The molecule has 5 nitrogen and oxygen atoms in total. The van der Waals surface area contributed by atoms with E-state index in [0.717, 1.165) is 30.5 Å². The molecule has 0 fully saturated rings. The first-order chi connectivity index (χ1) is 12.6. The average molecular weight is 351 g/mol. The fraction of sp³-hybridized carbons (Fsp3) is 0.286. The minimum Gasteiger partial charge on any atom is -0.326 e. The third-order valence-electron chi connectivity index (χ3n) is 3.92. The van der Waals surface area contributed by atoms with Crippen molar-refractivity contribution in [1.29, 1.82) is 0 Å². The van der Waals surface area contributed by atoms with Crippen molar-refractivity contribution in [3.8, 4) is 0 Å². The number of hydrogen-bond acceptors (Lipinski definition) is 3. The van der Waals surface area contributed by atoms with Gasteiger partial charge < -0.3 is 5.32 Å². The van der Waals surface area contributed by atoms with E-state index in [-0.39, 0.29) is 11.8 Å². The fourth-order valence-electron chi connectivity index (χ4n) is 2.38. The van der Waals surface area contributed by atoms with Crippen molar-refractivity contribution in [3.05, 3.63) is 65.7 Å². The topological polar surface area (TPSA) is 70.6 Å². The van der Waals surface area contributed by atoms with E-state index in [1.54, 1.807) is 31.2 Å². The number of rotatable bonds is 8. The number of unbranched alkanes of at least 4 members (excludes halogenated alkanes) is 1. The number of benzene rings is 2. The Morgan fingerprint density at radius 2 is 1.62 bits per heavy atom. The van der Waals surface area contributed by atoms with Crippen molar-refractivity contribution in [2.24, 2.45) is 5.10 Å². The molecule has 0 unspecified atom stereocenters. The minimum atomic E-state index is -0.275. The molecule has 0 heterocycles. The van der Waals surface area contributed by atoms with E-state index in [0.29, 0.717) is 17.7 Å².